The standard InChI is InChI=1S/C23H26N4O/c1-3-17-7-9-18(10-8-17)15-27-12-11-22-19(16-27)14-24-23(26-22)25-20-5-4-6-21(13-20)28-2/h4-10,13-14H,3,11-12,15-16H2,1-2H3,(H,24,25,26). The third kappa shape index (κ3) is 4.31. The van der Waals surface area contributed by atoms with Crippen molar-refractivity contribution in [2.24, 2.45) is 0 Å². The van der Waals surface area contributed by atoms with E-state index in [1.165, 1.54) is 16.7 Å². The zero-order valence-electron chi connectivity index (χ0n) is 16.5. The van der Waals surface area contributed by atoms with Gasteiger partial charge in [0.05, 0.1) is 12.8 Å². The molecule has 2 aromatic carbocycles. The highest BCUT2D eigenvalue weighted by Crippen LogP contribution is 2.23. The van der Waals surface area contributed by atoms with Crippen LogP contribution in [0.1, 0.15) is 29.3 Å². The number of nitrogens with one attached hydrogen (secondary N) is 1. The van der Waals surface area contributed by atoms with Crippen LogP contribution in [0.25, 0.3) is 0 Å². The Morgan fingerprint density at radius 3 is 2.71 bits per heavy atom. The topological polar surface area (TPSA) is 50.3 Å². The SMILES string of the molecule is CCc1ccc(CN2CCc3nc(Nc4cccc(OC)c4)ncc3C2)cc1. The number of benzene rings is 2. The number of methoxy groups -OCH3 is 1. The van der Waals surface area contributed by atoms with E-state index in [1.54, 1.807) is 7.11 Å². The molecule has 0 fully saturated rings. The van der Waals surface area contributed by atoms with Crippen LogP contribution in [0.5, 0.6) is 5.75 Å². The van der Waals surface area contributed by atoms with E-state index < -0.39 is 0 Å². The van der Waals surface area contributed by atoms with Crippen LogP contribution in [-0.2, 0) is 25.9 Å². The number of hydrogen-bond acceptors (Lipinski definition) is 5. The Hall–Kier alpha value is -2.92. The highest BCUT2D eigenvalue weighted by molar-refractivity contribution is 5.56. The first-order valence-electron chi connectivity index (χ1n) is 9.79. The molecule has 1 aliphatic heterocycles. The quantitative estimate of drug-likeness (QED) is 0.695. The molecule has 1 aliphatic rings. The summed E-state index contributed by atoms with van der Waals surface area (Å²) in [6.45, 7) is 5.06. The van der Waals surface area contributed by atoms with Gasteiger partial charge in [-0.25, -0.2) is 9.97 Å². The molecule has 1 aromatic heterocycles. The van der Waals surface area contributed by atoms with E-state index in [9.17, 15) is 0 Å². The summed E-state index contributed by atoms with van der Waals surface area (Å²) in [5.41, 5.74) is 6.02. The fraction of sp³-hybridized carbons (Fsp3) is 0.304. The first-order chi connectivity index (χ1) is 13.7. The van der Waals surface area contributed by atoms with Crippen molar-refractivity contribution in [1.82, 2.24) is 14.9 Å². The summed E-state index contributed by atoms with van der Waals surface area (Å²) in [7, 11) is 1.67. The Morgan fingerprint density at radius 1 is 1.11 bits per heavy atom. The van der Waals surface area contributed by atoms with E-state index in [2.05, 4.69) is 46.4 Å². The molecule has 144 valence electrons. The number of nitrogens with zero attached hydrogens (tertiary/aromatic N) is 3. The monoisotopic (exact) mass is 374 g/mol. The molecule has 0 aliphatic carbocycles. The minimum atomic E-state index is 0.635. The molecule has 3 aromatic rings. The van der Waals surface area contributed by atoms with Crippen molar-refractivity contribution in [3.63, 3.8) is 0 Å². The Labute approximate surface area is 166 Å². The smallest absolute Gasteiger partial charge is 0.227 e. The van der Waals surface area contributed by atoms with Gasteiger partial charge in [0.25, 0.3) is 0 Å². The molecule has 0 amide bonds. The third-order valence-electron chi connectivity index (χ3n) is 5.18. The van der Waals surface area contributed by atoms with Crippen LogP contribution in [0, 0.1) is 0 Å². The van der Waals surface area contributed by atoms with Gasteiger partial charge in [-0.2, -0.15) is 0 Å². The van der Waals surface area contributed by atoms with Crippen molar-refractivity contribution in [2.45, 2.75) is 32.9 Å². The second kappa shape index (κ2) is 8.40. The molecule has 28 heavy (non-hydrogen) atoms. The van der Waals surface area contributed by atoms with Crippen LogP contribution in [-0.4, -0.2) is 28.5 Å². The first-order valence-corrected chi connectivity index (χ1v) is 9.79. The molecule has 0 spiro atoms. The van der Waals surface area contributed by atoms with Gasteiger partial charge in [0.1, 0.15) is 5.75 Å². The molecule has 5 nitrogen and oxygen atoms in total. The zero-order chi connectivity index (χ0) is 19.3. The summed E-state index contributed by atoms with van der Waals surface area (Å²) >= 11 is 0. The summed E-state index contributed by atoms with van der Waals surface area (Å²) in [6, 6.07) is 16.7. The number of rotatable bonds is 6. The van der Waals surface area contributed by atoms with Crippen LogP contribution in [0.4, 0.5) is 11.6 Å². The van der Waals surface area contributed by atoms with Crippen molar-refractivity contribution in [1.29, 1.82) is 0 Å². The summed E-state index contributed by atoms with van der Waals surface area (Å²) < 4.78 is 5.27. The number of ether oxygens (including phenoxy) is 1. The number of anilines is 2. The molecule has 4 rings (SSSR count). The largest absolute Gasteiger partial charge is 0.497 e. The van der Waals surface area contributed by atoms with E-state index >= 15 is 0 Å². The Morgan fingerprint density at radius 2 is 1.93 bits per heavy atom. The maximum atomic E-state index is 5.27. The molecule has 5 heteroatoms. The van der Waals surface area contributed by atoms with Gasteiger partial charge >= 0.3 is 0 Å². The number of hydrogen-bond donors (Lipinski definition) is 1. The Bertz CT molecular complexity index is 940. The lowest BCUT2D eigenvalue weighted by atomic mass is 10.1. The Kier molecular flexibility index (Phi) is 5.53. The molecule has 0 atom stereocenters. The van der Waals surface area contributed by atoms with Crippen LogP contribution >= 0.6 is 0 Å². The van der Waals surface area contributed by atoms with Crippen LogP contribution in [0.15, 0.2) is 54.7 Å². The van der Waals surface area contributed by atoms with E-state index in [1.807, 2.05) is 30.5 Å². The predicted molar refractivity (Wildman–Crippen MR) is 112 cm³/mol. The second-order valence-corrected chi connectivity index (χ2v) is 7.15. The predicted octanol–water partition coefficient (Wildman–Crippen LogP) is 4.35. The molecule has 1 N–H and O–H groups in total. The highest BCUT2D eigenvalue weighted by Gasteiger charge is 2.18. The molecule has 0 bridgehead atoms. The van der Waals surface area contributed by atoms with Crippen LogP contribution in [0.3, 0.4) is 0 Å². The average Bonchev–Trinajstić information content (AvgIpc) is 2.74. The van der Waals surface area contributed by atoms with E-state index in [0.717, 1.165) is 49.6 Å². The van der Waals surface area contributed by atoms with Gasteiger partial charge in [-0.3, -0.25) is 4.90 Å². The lowest BCUT2D eigenvalue weighted by Gasteiger charge is -2.28. The summed E-state index contributed by atoms with van der Waals surface area (Å²) in [6.07, 6.45) is 3.98. The molecule has 0 radical (unpaired) electrons. The van der Waals surface area contributed by atoms with E-state index in [0.29, 0.717) is 5.95 Å². The van der Waals surface area contributed by atoms with Crippen molar-refractivity contribution >= 4 is 11.6 Å². The third-order valence-corrected chi connectivity index (χ3v) is 5.18. The minimum absolute atomic E-state index is 0.635. The van der Waals surface area contributed by atoms with Crippen molar-refractivity contribution in [3.8, 4) is 5.75 Å². The molecular formula is C23H26N4O. The van der Waals surface area contributed by atoms with E-state index in [-0.39, 0.29) is 0 Å². The molecule has 0 saturated heterocycles. The molecule has 0 saturated carbocycles. The highest BCUT2D eigenvalue weighted by atomic mass is 16.5. The van der Waals surface area contributed by atoms with Crippen molar-refractivity contribution in [3.05, 3.63) is 77.1 Å². The van der Waals surface area contributed by atoms with Gasteiger partial charge in [0, 0.05) is 49.6 Å². The van der Waals surface area contributed by atoms with Gasteiger partial charge in [0.2, 0.25) is 5.95 Å². The van der Waals surface area contributed by atoms with Crippen LogP contribution < -0.4 is 10.1 Å². The second-order valence-electron chi connectivity index (χ2n) is 7.15. The fourth-order valence-corrected chi connectivity index (χ4v) is 3.54. The summed E-state index contributed by atoms with van der Waals surface area (Å²) in [5, 5.41) is 3.27. The van der Waals surface area contributed by atoms with E-state index in [4.69, 9.17) is 9.72 Å². The maximum Gasteiger partial charge on any atom is 0.227 e. The molecule has 0 unspecified atom stereocenters. The lowest BCUT2D eigenvalue weighted by molar-refractivity contribution is 0.243. The minimum Gasteiger partial charge on any atom is -0.497 e. The number of fused-ring (bicyclic) bond motifs is 1. The van der Waals surface area contributed by atoms with Crippen molar-refractivity contribution < 1.29 is 4.74 Å². The fourth-order valence-electron chi connectivity index (χ4n) is 3.54. The van der Waals surface area contributed by atoms with Gasteiger partial charge < -0.3 is 10.1 Å². The zero-order valence-corrected chi connectivity index (χ0v) is 16.5. The number of aryl methyl sites for hydroxylation is 1. The van der Waals surface area contributed by atoms with Crippen LogP contribution in [0.2, 0.25) is 0 Å². The Balaban J connectivity index is 1.42. The van der Waals surface area contributed by atoms with Gasteiger partial charge in [-0.15, -0.1) is 0 Å². The van der Waals surface area contributed by atoms with Gasteiger partial charge in [-0.05, 0) is 29.7 Å². The lowest BCUT2D eigenvalue weighted by Crippen LogP contribution is -2.31. The molecular weight excluding hydrogens is 348 g/mol. The molecule has 2 heterocycles. The van der Waals surface area contributed by atoms with Gasteiger partial charge in [0.15, 0.2) is 0 Å². The first kappa shape index (κ1) is 18.4. The number of aromatic nitrogens is 2. The normalized spacial score (nSPS) is 13.8. The summed E-state index contributed by atoms with van der Waals surface area (Å²) in [5.74, 6) is 1.45. The average molecular weight is 374 g/mol. The van der Waals surface area contributed by atoms with Crippen molar-refractivity contribution in [2.75, 3.05) is 19.0 Å². The maximum absolute atomic E-state index is 5.27. The van der Waals surface area contributed by atoms with Gasteiger partial charge in [-0.1, -0.05) is 37.3 Å². The summed E-state index contributed by atoms with van der Waals surface area (Å²) in [4.78, 5) is 11.7.